The SMILES string of the molecule is Cc1ccccc1.O=[N+]([O-])C=Cc1ccccc1Cl. The largest absolute Gasteiger partial charge is 0.259 e. The summed E-state index contributed by atoms with van der Waals surface area (Å²) in [4.78, 5) is 9.44. The van der Waals surface area contributed by atoms with Gasteiger partial charge in [-0.05, 0) is 18.6 Å². The molecule has 0 saturated heterocycles. The van der Waals surface area contributed by atoms with Crippen molar-refractivity contribution >= 4 is 17.7 Å². The minimum absolute atomic E-state index is 0.510. The maximum absolute atomic E-state index is 9.96. The van der Waals surface area contributed by atoms with Crippen LogP contribution in [0.5, 0.6) is 0 Å². The standard InChI is InChI=1S/C8H6ClNO2.C7H8/c9-8-4-2-1-3-7(8)5-6-10(11)12;1-7-5-3-2-4-6-7/h1-6H;2-6H,1H3. The summed E-state index contributed by atoms with van der Waals surface area (Å²) in [5.74, 6) is 0. The predicted molar refractivity (Wildman–Crippen MR) is 78.7 cm³/mol. The molecule has 0 aliphatic carbocycles. The Kier molecular flexibility index (Phi) is 6.33. The van der Waals surface area contributed by atoms with Crippen LogP contribution in [0, 0.1) is 17.0 Å². The van der Waals surface area contributed by atoms with Crippen LogP contribution in [0.25, 0.3) is 6.08 Å². The Morgan fingerprint density at radius 2 is 1.63 bits per heavy atom. The van der Waals surface area contributed by atoms with Crippen molar-refractivity contribution in [2.45, 2.75) is 6.92 Å². The number of nitro groups is 1. The lowest BCUT2D eigenvalue weighted by molar-refractivity contribution is -0.400. The van der Waals surface area contributed by atoms with Crippen LogP contribution in [0.2, 0.25) is 5.02 Å². The summed E-state index contributed by atoms with van der Waals surface area (Å²) in [6.45, 7) is 2.08. The second-order valence-corrected chi connectivity index (χ2v) is 4.18. The third kappa shape index (κ3) is 6.38. The first-order valence-electron chi connectivity index (χ1n) is 5.67. The Bertz CT molecular complexity index is 553. The van der Waals surface area contributed by atoms with Crippen LogP contribution in [0.3, 0.4) is 0 Å². The zero-order chi connectivity index (χ0) is 14.1. The summed E-state index contributed by atoms with van der Waals surface area (Å²) in [7, 11) is 0. The average Bonchev–Trinajstić information content (AvgIpc) is 2.39. The molecular weight excluding hydrogens is 262 g/mol. The van der Waals surface area contributed by atoms with E-state index in [1.54, 1.807) is 24.3 Å². The maximum atomic E-state index is 9.96. The lowest BCUT2D eigenvalue weighted by atomic mass is 10.2. The van der Waals surface area contributed by atoms with E-state index in [2.05, 4.69) is 19.1 Å². The van der Waals surface area contributed by atoms with Gasteiger partial charge in [0.25, 0.3) is 0 Å². The number of aryl methyl sites for hydroxylation is 1. The number of benzene rings is 2. The molecule has 0 amide bonds. The molecule has 0 fully saturated rings. The molecule has 0 aliphatic rings. The monoisotopic (exact) mass is 275 g/mol. The molecule has 0 unspecified atom stereocenters. The first-order valence-corrected chi connectivity index (χ1v) is 6.05. The van der Waals surface area contributed by atoms with Gasteiger partial charge in [-0.2, -0.15) is 0 Å². The van der Waals surface area contributed by atoms with E-state index in [4.69, 9.17) is 11.6 Å². The zero-order valence-corrected chi connectivity index (χ0v) is 11.2. The molecule has 0 aliphatic heterocycles. The summed E-state index contributed by atoms with van der Waals surface area (Å²) in [5.41, 5.74) is 1.97. The minimum atomic E-state index is -0.524. The van der Waals surface area contributed by atoms with E-state index in [9.17, 15) is 10.1 Å². The minimum Gasteiger partial charge on any atom is -0.259 e. The Balaban J connectivity index is 0.000000218. The Labute approximate surface area is 117 Å². The zero-order valence-electron chi connectivity index (χ0n) is 10.5. The highest BCUT2D eigenvalue weighted by Gasteiger charge is 1.94. The van der Waals surface area contributed by atoms with Crippen molar-refractivity contribution in [1.82, 2.24) is 0 Å². The van der Waals surface area contributed by atoms with Crippen LogP contribution < -0.4 is 0 Å². The quantitative estimate of drug-likeness (QED) is 0.594. The van der Waals surface area contributed by atoms with Crippen LogP contribution in [-0.2, 0) is 0 Å². The van der Waals surface area contributed by atoms with Gasteiger partial charge in [0, 0.05) is 11.1 Å². The van der Waals surface area contributed by atoms with Crippen molar-refractivity contribution in [2.75, 3.05) is 0 Å². The highest BCUT2D eigenvalue weighted by Crippen LogP contribution is 2.15. The highest BCUT2D eigenvalue weighted by atomic mass is 35.5. The van der Waals surface area contributed by atoms with Gasteiger partial charge >= 0.3 is 0 Å². The predicted octanol–water partition coefficient (Wildman–Crippen LogP) is 4.58. The van der Waals surface area contributed by atoms with Crippen LogP contribution in [0.1, 0.15) is 11.1 Å². The molecule has 4 heteroatoms. The molecule has 0 radical (unpaired) electrons. The lowest BCUT2D eigenvalue weighted by Gasteiger charge is -1.93. The Morgan fingerprint density at radius 3 is 2.11 bits per heavy atom. The molecule has 0 atom stereocenters. The number of rotatable bonds is 2. The van der Waals surface area contributed by atoms with Gasteiger partial charge in [-0.15, -0.1) is 0 Å². The van der Waals surface area contributed by atoms with Crippen molar-refractivity contribution < 1.29 is 4.92 Å². The van der Waals surface area contributed by atoms with Crippen molar-refractivity contribution in [1.29, 1.82) is 0 Å². The Morgan fingerprint density at radius 1 is 1.05 bits per heavy atom. The first-order chi connectivity index (χ1) is 9.09. The van der Waals surface area contributed by atoms with E-state index in [0.717, 1.165) is 6.20 Å². The van der Waals surface area contributed by atoms with E-state index in [-0.39, 0.29) is 0 Å². The third-order valence-corrected chi connectivity index (χ3v) is 2.57. The van der Waals surface area contributed by atoms with Gasteiger partial charge in [-0.3, -0.25) is 10.1 Å². The summed E-state index contributed by atoms with van der Waals surface area (Å²) < 4.78 is 0. The van der Waals surface area contributed by atoms with Crippen molar-refractivity contribution in [3.05, 3.63) is 87.1 Å². The van der Waals surface area contributed by atoms with Gasteiger partial charge in [0.2, 0.25) is 6.20 Å². The molecule has 0 heterocycles. The summed E-state index contributed by atoms with van der Waals surface area (Å²) in [6, 6.07) is 17.2. The summed E-state index contributed by atoms with van der Waals surface area (Å²) in [5, 5.41) is 10.5. The van der Waals surface area contributed by atoms with Gasteiger partial charge in [0.05, 0.1) is 4.92 Å². The van der Waals surface area contributed by atoms with Crippen LogP contribution in [0.15, 0.2) is 60.8 Å². The summed E-state index contributed by atoms with van der Waals surface area (Å²) >= 11 is 5.73. The van der Waals surface area contributed by atoms with E-state index in [1.807, 2.05) is 18.2 Å². The second-order valence-electron chi connectivity index (χ2n) is 3.78. The fourth-order valence-electron chi connectivity index (χ4n) is 1.29. The molecule has 98 valence electrons. The van der Waals surface area contributed by atoms with Crippen molar-refractivity contribution in [3.63, 3.8) is 0 Å². The molecule has 0 N–H and O–H groups in total. The van der Waals surface area contributed by atoms with E-state index in [0.29, 0.717) is 10.6 Å². The van der Waals surface area contributed by atoms with Crippen molar-refractivity contribution in [2.24, 2.45) is 0 Å². The number of halogens is 1. The van der Waals surface area contributed by atoms with E-state index in [1.165, 1.54) is 11.6 Å². The molecule has 2 rings (SSSR count). The van der Waals surface area contributed by atoms with Gasteiger partial charge < -0.3 is 0 Å². The first kappa shape index (κ1) is 14.9. The Hall–Kier alpha value is -2.13. The molecule has 0 aromatic heterocycles. The van der Waals surface area contributed by atoms with Crippen LogP contribution in [-0.4, -0.2) is 4.92 Å². The van der Waals surface area contributed by atoms with Gasteiger partial charge in [0.15, 0.2) is 0 Å². The molecule has 19 heavy (non-hydrogen) atoms. The van der Waals surface area contributed by atoms with Crippen LogP contribution >= 0.6 is 11.6 Å². The summed E-state index contributed by atoms with van der Waals surface area (Å²) in [6.07, 6.45) is 2.23. The molecule has 2 aromatic carbocycles. The van der Waals surface area contributed by atoms with Crippen molar-refractivity contribution in [3.8, 4) is 0 Å². The molecular formula is C15H14ClNO2. The molecule has 0 spiro atoms. The second kappa shape index (κ2) is 8.06. The number of hydrogen-bond acceptors (Lipinski definition) is 2. The van der Waals surface area contributed by atoms with Gasteiger partial charge in [-0.1, -0.05) is 65.7 Å². The normalized spacial score (nSPS) is 9.79. The molecule has 0 saturated carbocycles. The van der Waals surface area contributed by atoms with Crippen LogP contribution in [0.4, 0.5) is 0 Å². The molecule has 2 aromatic rings. The highest BCUT2D eigenvalue weighted by molar-refractivity contribution is 6.32. The van der Waals surface area contributed by atoms with Gasteiger partial charge in [-0.25, -0.2) is 0 Å². The maximum Gasteiger partial charge on any atom is 0.235 e. The smallest absolute Gasteiger partial charge is 0.235 e. The van der Waals surface area contributed by atoms with E-state index < -0.39 is 4.92 Å². The number of nitrogens with zero attached hydrogens (tertiary/aromatic N) is 1. The molecule has 0 bridgehead atoms. The van der Waals surface area contributed by atoms with E-state index >= 15 is 0 Å². The lowest BCUT2D eigenvalue weighted by Crippen LogP contribution is -1.82. The number of hydrogen-bond donors (Lipinski definition) is 0. The van der Waals surface area contributed by atoms with Gasteiger partial charge in [0.1, 0.15) is 0 Å². The topological polar surface area (TPSA) is 43.1 Å². The third-order valence-electron chi connectivity index (χ3n) is 2.22. The average molecular weight is 276 g/mol. The molecule has 3 nitrogen and oxygen atoms in total. The fraction of sp³-hybridized carbons (Fsp3) is 0.0667. The fourth-order valence-corrected chi connectivity index (χ4v) is 1.48.